The molecule has 2 aromatic heterocycles. The van der Waals surface area contributed by atoms with E-state index in [2.05, 4.69) is 41.8 Å². The number of hydrogen-bond acceptors (Lipinski definition) is 4. The summed E-state index contributed by atoms with van der Waals surface area (Å²) in [5, 5.41) is 7.98. The monoisotopic (exact) mass is 275 g/mol. The number of anilines is 1. The van der Waals surface area contributed by atoms with Gasteiger partial charge in [-0.05, 0) is 60.3 Å². The molecule has 3 N–H and O–H groups in total. The molecule has 0 saturated carbocycles. The molecule has 2 heterocycles. The molecule has 0 aliphatic heterocycles. The third kappa shape index (κ3) is 2.96. The van der Waals surface area contributed by atoms with Gasteiger partial charge >= 0.3 is 0 Å². The lowest BCUT2D eigenvalue weighted by molar-refractivity contribution is 0.595. The van der Waals surface area contributed by atoms with Crippen LogP contribution in [-0.4, -0.2) is 11.5 Å². The van der Waals surface area contributed by atoms with E-state index in [4.69, 9.17) is 5.73 Å². The lowest BCUT2D eigenvalue weighted by atomic mass is 9.95. The lowest BCUT2D eigenvalue weighted by Crippen LogP contribution is -2.25. The van der Waals surface area contributed by atoms with Crippen LogP contribution in [-0.2, 0) is 0 Å². The van der Waals surface area contributed by atoms with Crippen molar-refractivity contribution in [2.75, 3.05) is 12.3 Å². The van der Waals surface area contributed by atoms with Gasteiger partial charge in [-0.1, -0.05) is 6.92 Å². The van der Waals surface area contributed by atoms with Gasteiger partial charge in [-0.3, -0.25) is 0 Å². The highest BCUT2D eigenvalue weighted by atomic mass is 32.1. The van der Waals surface area contributed by atoms with Crippen molar-refractivity contribution in [3.8, 4) is 0 Å². The summed E-state index contributed by atoms with van der Waals surface area (Å²) in [6.07, 6.45) is 2.87. The van der Waals surface area contributed by atoms with Gasteiger partial charge < -0.3 is 11.1 Å². The van der Waals surface area contributed by atoms with Crippen molar-refractivity contribution < 1.29 is 0 Å². The van der Waals surface area contributed by atoms with Crippen molar-refractivity contribution in [1.82, 2.24) is 10.3 Å². The van der Waals surface area contributed by atoms with Gasteiger partial charge in [0.25, 0.3) is 0 Å². The first-order chi connectivity index (χ1) is 9.15. The zero-order valence-corrected chi connectivity index (χ0v) is 12.6. The number of nitrogens with two attached hydrogens (primary N) is 1. The van der Waals surface area contributed by atoms with E-state index in [9.17, 15) is 0 Å². The van der Waals surface area contributed by atoms with Crippen molar-refractivity contribution in [2.24, 2.45) is 0 Å². The molecule has 0 aliphatic carbocycles. The summed E-state index contributed by atoms with van der Waals surface area (Å²) in [4.78, 5) is 4.25. The topological polar surface area (TPSA) is 50.9 Å². The smallest absolute Gasteiger partial charge is 0.128 e. The van der Waals surface area contributed by atoms with Crippen LogP contribution in [0.4, 0.5) is 5.82 Å². The number of hydrogen-bond donors (Lipinski definition) is 2. The molecule has 19 heavy (non-hydrogen) atoms. The third-order valence-corrected chi connectivity index (χ3v) is 4.21. The average Bonchev–Trinajstić information content (AvgIpc) is 2.79. The highest BCUT2D eigenvalue weighted by Gasteiger charge is 2.20. The first kappa shape index (κ1) is 14.0. The Bertz CT molecular complexity index is 528. The minimum atomic E-state index is 0.139. The molecule has 0 spiro atoms. The second-order valence-corrected chi connectivity index (χ2v) is 5.57. The average molecular weight is 275 g/mol. The van der Waals surface area contributed by atoms with Crippen LogP contribution in [0.1, 0.15) is 41.6 Å². The third-order valence-electron chi connectivity index (χ3n) is 3.33. The maximum absolute atomic E-state index is 6.10. The number of nitrogen functional groups attached to an aromatic ring is 1. The zero-order chi connectivity index (χ0) is 13.8. The van der Waals surface area contributed by atoms with Gasteiger partial charge in [-0.25, -0.2) is 4.98 Å². The first-order valence-electron chi connectivity index (χ1n) is 6.62. The Morgan fingerprint density at radius 1 is 1.32 bits per heavy atom. The number of nitrogens with zero attached hydrogens (tertiary/aromatic N) is 1. The van der Waals surface area contributed by atoms with Crippen molar-refractivity contribution in [3.63, 3.8) is 0 Å². The van der Waals surface area contributed by atoms with E-state index in [1.54, 1.807) is 17.5 Å². The molecule has 0 saturated heterocycles. The summed E-state index contributed by atoms with van der Waals surface area (Å²) in [6, 6.07) is 2.16. The van der Waals surface area contributed by atoms with Crippen molar-refractivity contribution in [2.45, 2.75) is 33.2 Å². The largest absolute Gasteiger partial charge is 0.383 e. The highest BCUT2D eigenvalue weighted by Crippen LogP contribution is 2.32. The lowest BCUT2D eigenvalue weighted by Gasteiger charge is -2.22. The molecular weight excluding hydrogens is 254 g/mol. The van der Waals surface area contributed by atoms with Crippen LogP contribution in [0, 0.1) is 13.8 Å². The van der Waals surface area contributed by atoms with Gasteiger partial charge in [-0.2, -0.15) is 11.3 Å². The molecule has 102 valence electrons. The molecule has 0 radical (unpaired) electrons. The Hall–Kier alpha value is -1.39. The van der Waals surface area contributed by atoms with E-state index in [1.165, 1.54) is 16.7 Å². The minimum Gasteiger partial charge on any atom is -0.383 e. The number of thiophene rings is 1. The molecule has 0 aliphatic rings. The van der Waals surface area contributed by atoms with E-state index in [0.717, 1.165) is 18.5 Å². The van der Waals surface area contributed by atoms with Gasteiger partial charge in [-0.15, -0.1) is 0 Å². The second kappa shape index (κ2) is 6.17. The Labute approximate surface area is 118 Å². The fourth-order valence-electron chi connectivity index (χ4n) is 2.29. The maximum atomic E-state index is 6.10. The van der Waals surface area contributed by atoms with Crippen LogP contribution >= 0.6 is 11.3 Å². The second-order valence-electron chi connectivity index (χ2n) is 4.82. The molecule has 0 bridgehead atoms. The number of aryl methyl sites for hydroxylation is 2. The maximum Gasteiger partial charge on any atom is 0.128 e. The van der Waals surface area contributed by atoms with Gasteiger partial charge in [0.1, 0.15) is 5.82 Å². The van der Waals surface area contributed by atoms with Crippen LogP contribution in [0.3, 0.4) is 0 Å². The van der Waals surface area contributed by atoms with E-state index in [1.807, 2.05) is 6.07 Å². The number of aromatic nitrogens is 1. The Morgan fingerprint density at radius 2 is 2.11 bits per heavy atom. The van der Waals surface area contributed by atoms with Crippen molar-refractivity contribution >= 4 is 17.2 Å². The number of nitrogens with one attached hydrogen (secondary N) is 1. The first-order valence-corrected chi connectivity index (χ1v) is 7.56. The normalized spacial score (nSPS) is 12.6. The number of rotatable bonds is 5. The molecule has 0 aromatic carbocycles. The van der Waals surface area contributed by atoms with Crippen molar-refractivity contribution in [3.05, 3.63) is 45.3 Å². The van der Waals surface area contributed by atoms with Gasteiger partial charge in [0, 0.05) is 11.8 Å². The summed E-state index contributed by atoms with van der Waals surface area (Å²) in [6.45, 7) is 7.38. The molecule has 2 rings (SSSR count). The summed E-state index contributed by atoms with van der Waals surface area (Å²) < 4.78 is 0. The summed E-state index contributed by atoms with van der Waals surface area (Å²) in [5.74, 6) is 0.624. The zero-order valence-electron chi connectivity index (χ0n) is 11.7. The molecular formula is C15H21N3S. The van der Waals surface area contributed by atoms with Crippen LogP contribution < -0.4 is 11.1 Å². The molecule has 1 unspecified atom stereocenters. The number of pyridine rings is 1. The van der Waals surface area contributed by atoms with E-state index in [0.29, 0.717) is 5.82 Å². The highest BCUT2D eigenvalue weighted by molar-refractivity contribution is 7.08. The Balaban J connectivity index is 2.46. The predicted molar refractivity (Wildman–Crippen MR) is 82.6 cm³/mol. The van der Waals surface area contributed by atoms with Crippen LogP contribution in [0.2, 0.25) is 0 Å². The van der Waals surface area contributed by atoms with Crippen LogP contribution in [0.25, 0.3) is 0 Å². The minimum absolute atomic E-state index is 0.139. The summed E-state index contributed by atoms with van der Waals surface area (Å²) >= 11 is 1.73. The molecule has 1 atom stereocenters. The Kier molecular flexibility index (Phi) is 4.56. The van der Waals surface area contributed by atoms with Crippen molar-refractivity contribution in [1.29, 1.82) is 0 Å². The predicted octanol–water partition coefficient (Wildman–Crippen LogP) is 3.43. The molecule has 0 amide bonds. The summed E-state index contributed by atoms with van der Waals surface area (Å²) in [7, 11) is 0. The standard InChI is InChI=1S/C15H21N3S/c1-4-6-17-14(12-9-19-8-11(12)3)13-10(2)5-7-18-15(13)16/h5,7-9,14,17H,4,6H2,1-3H3,(H2,16,18). The SMILES string of the molecule is CCCNC(c1cscc1C)c1c(C)ccnc1N. The molecule has 4 heteroatoms. The fourth-order valence-corrected chi connectivity index (χ4v) is 3.17. The van der Waals surface area contributed by atoms with Gasteiger partial charge in [0.15, 0.2) is 0 Å². The fraction of sp³-hybridized carbons (Fsp3) is 0.400. The van der Waals surface area contributed by atoms with Gasteiger partial charge in [0.05, 0.1) is 6.04 Å². The quantitative estimate of drug-likeness (QED) is 0.879. The Morgan fingerprint density at radius 3 is 2.68 bits per heavy atom. The van der Waals surface area contributed by atoms with E-state index in [-0.39, 0.29) is 6.04 Å². The molecule has 0 fully saturated rings. The van der Waals surface area contributed by atoms with Crippen LogP contribution in [0.15, 0.2) is 23.0 Å². The van der Waals surface area contributed by atoms with E-state index >= 15 is 0 Å². The molecule has 2 aromatic rings. The van der Waals surface area contributed by atoms with Crippen LogP contribution in [0.5, 0.6) is 0 Å². The summed E-state index contributed by atoms with van der Waals surface area (Å²) in [5.41, 5.74) is 11.0. The van der Waals surface area contributed by atoms with E-state index < -0.39 is 0 Å². The van der Waals surface area contributed by atoms with Gasteiger partial charge in [0.2, 0.25) is 0 Å². The molecule has 3 nitrogen and oxygen atoms in total.